The van der Waals surface area contributed by atoms with E-state index in [0.29, 0.717) is 43.6 Å². The molecule has 2 aliphatic rings. The van der Waals surface area contributed by atoms with E-state index in [2.05, 4.69) is 45.4 Å². The fraction of sp³-hybridized carbons (Fsp3) is 0.192. The zero-order chi connectivity index (χ0) is 23.4. The minimum Gasteiger partial charge on any atom is -0.324 e. The van der Waals surface area contributed by atoms with Gasteiger partial charge < -0.3 is 10.6 Å². The smallest absolute Gasteiger partial charge is 0.266 e. The van der Waals surface area contributed by atoms with Gasteiger partial charge in [0.05, 0.1) is 26.6 Å². The molecule has 34 heavy (non-hydrogen) atoms. The average molecular weight is 490 g/mol. The van der Waals surface area contributed by atoms with Crippen molar-refractivity contribution in [2.24, 2.45) is 0 Å². The third-order valence-corrected chi connectivity index (χ3v) is 7.35. The lowest BCUT2D eigenvalue weighted by Gasteiger charge is -2.26. The van der Waals surface area contributed by atoms with Crippen LogP contribution in [-0.4, -0.2) is 21.1 Å². The quantitative estimate of drug-likeness (QED) is 0.389. The van der Waals surface area contributed by atoms with E-state index in [-0.39, 0.29) is 5.56 Å². The molecule has 8 heteroatoms. The molecule has 2 aromatic heterocycles. The van der Waals surface area contributed by atoms with Gasteiger partial charge in [-0.1, -0.05) is 48.0 Å². The van der Waals surface area contributed by atoms with Crippen molar-refractivity contribution in [1.29, 1.82) is 0 Å². The van der Waals surface area contributed by atoms with Crippen LogP contribution in [0, 0.1) is 0 Å². The zero-order valence-corrected chi connectivity index (χ0v) is 19.7. The minimum absolute atomic E-state index is 0.309. The van der Waals surface area contributed by atoms with Crippen LogP contribution in [-0.2, 0) is 12.0 Å². The van der Waals surface area contributed by atoms with E-state index in [1.54, 1.807) is 30.5 Å². The van der Waals surface area contributed by atoms with Crippen molar-refractivity contribution >= 4 is 51.8 Å². The van der Waals surface area contributed by atoms with E-state index in [9.17, 15) is 4.79 Å². The maximum absolute atomic E-state index is 13.3. The molecule has 4 aromatic rings. The van der Waals surface area contributed by atoms with E-state index in [1.807, 2.05) is 0 Å². The molecule has 1 fully saturated rings. The summed E-state index contributed by atoms with van der Waals surface area (Å²) in [7, 11) is 0. The largest absolute Gasteiger partial charge is 0.324 e. The molecule has 6 nitrogen and oxygen atoms in total. The lowest BCUT2D eigenvalue weighted by atomic mass is 9.88. The molecule has 0 bridgehead atoms. The molecule has 2 aromatic carbocycles. The average Bonchev–Trinajstić information content (AvgIpc) is 3.60. The second kappa shape index (κ2) is 7.94. The molecule has 0 unspecified atom stereocenters. The Morgan fingerprint density at radius 2 is 1.97 bits per heavy atom. The van der Waals surface area contributed by atoms with Crippen LogP contribution in [0.4, 0.5) is 11.6 Å². The molecule has 0 saturated heterocycles. The normalized spacial score (nSPS) is 15.8. The van der Waals surface area contributed by atoms with Gasteiger partial charge in [-0.3, -0.25) is 9.36 Å². The lowest BCUT2D eigenvalue weighted by Crippen LogP contribution is -2.33. The van der Waals surface area contributed by atoms with Crippen molar-refractivity contribution in [1.82, 2.24) is 19.9 Å². The molecular weight excluding hydrogens is 469 g/mol. The number of hydrogen-bond donors (Lipinski definition) is 2. The van der Waals surface area contributed by atoms with Crippen molar-refractivity contribution in [3.8, 4) is 5.69 Å². The van der Waals surface area contributed by atoms with Crippen LogP contribution >= 0.6 is 23.2 Å². The van der Waals surface area contributed by atoms with Gasteiger partial charge in [-0.15, -0.1) is 0 Å². The summed E-state index contributed by atoms with van der Waals surface area (Å²) in [5, 5.41) is 7.92. The first-order chi connectivity index (χ1) is 16.5. The summed E-state index contributed by atoms with van der Waals surface area (Å²) in [5.74, 6) is 0.411. The number of pyridine rings is 1. The fourth-order valence-electron chi connectivity index (χ4n) is 4.83. The number of fused-ring (bicyclic) bond motifs is 3. The third kappa shape index (κ3) is 3.41. The van der Waals surface area contributed by atoms with Gasteiger partial charge >= 0.3 is 0 Å². The predicted octanol–water partition coefficient (Wildman–Crippen LogP) is 5.61. The van der Waals surface area contributed by atoms with Gasteiger partial charge in [0.2, 0.25) is 5.95 Å². The van der Waals surface area contributed by atoms with E-state index < -0.39 is 0 Å². The molecule has 0 amide bonds. The molecule has 0 radical (unpaired) electrons. The Balaban J connectivity index is 1.41. The first-order valence-corrected chi connectivity index (χ1v) is 11.9. The number of anilines is 2. The number of aromatic nitrogens is 3. The Bertz CT molecular complexity index is 1520. The molecule has 1 aliphatic carbocycles. The van der Waals surface area contributed by atoms with E-state index in [4.69, 9.17) is 23.2 Å². The van der Waals surface area contributed by atoms with E-state index >= 15 is 0 Å². The Morgan fingerprint density at radius 3 is 2.71 bits per heavy atom. The van der Waals surface area contributed by atoms with Crippen molar-refractivity contribution < 1.29 is 0 Å². The Morgan fingerprint density at radius 1 is 1.18 bits per heavy atom. The van der Waals surface area contributed by atoms with Crippen LogP contribution in [0.25, 0.3) is 22.7 Å². The summed E-state index contributed by atoms with van der Waals surface area (Å²) < 4.78 is 1.42. The van der Waals surface area contributed by atoms with Gasteiger partial charge in [0.15, 0.2) is 0 Å². The summed E-state index contributed by atoms with van der Waals surface area (Å²) in [6.07, 6.45) is 7.32. The highest BCUT2D eigenvalue weighted by atomic mass is 35.5. The van der Waals surface area contributed by atoms with Crippen molar-refractivity contribution in [2.45, 2.75) is 24.8 Å². The first-order valence-electron chi connectivity index (χ1n) is 11.1. The van der Waals surface area contributed by atoms with Crippen LogP contribution in [0.1, 0.15) is 29.5 Å². The van der Waals surface area contributed by atoms with Gasteiger partial charge in [-0.05, 0) is 48.2 Å². The maximum Gasteiger partial charge on any atom is 0.266 e. The second-order valence-electron chi connectivity index (χ2n) is 8.87. The van der Waals surface area contributed by atoms with Crippen molar-refractivity contribution in [3.05, 3.63) is 92.5 Å². The first kappa shape index (κ1) is 21.4. The molecule has 2 N–H and O–H groups in total. The SMILES string of the molecule is C=Cc1cn(-c2c(Cl)cccc2Cl)c(=O)c2cnc(Nc3ccc4c(c3)CNCC43CC3)nc12. The molecule has 0 atom stereocenters. The van der Waals surface area contributed by atoms with E-state index in [1.165, 1.54) is 34.7 Å². The Kier molecular flexibility index (Phi) is 4.99. The summed E-state index contributed by atoms with van der Waals surface area (Å²) >= 11 is 12.7. The number of benzene rings is 2. The summed E-state index contributed by atoms with van der Waals surface area (Å²) in [4.78, 5) is 22.4. The molecular formula is C26H21Cl2N5O. The van der Waals surface area contributed by atoms with Gasteiger partial charge in [0.1, 0.15) is 0 Å². The number of rotatable bonds is 4. The van der Waals surface area contributed by atoms with Gasteiger partial charge in [-0.2, -0.15) is 0 Å². The topological polar surface area (TPSA) is 71.8 Å². The van der Waals surface area contributed by atoms with Crippen LogP contribution < -0.4 is 16.2 Å². The fourth-order valence-corrected chi connectivity index (χ4v) is 5.41. The lowest BCUT2D eigenvalue weighted by molar-refractivity contribution is 0.531. The molecule has 1 spiro atoms. The molecule has 170 valence electrons. The number of halogens is 2. The molecule has 1 saturated carbocycles. The van der Waals surface area contributed by atoms with Crippen LogP contribution in [0.3, 0.4) is 0 Å². The van der Waals surface area contributed by atoms with Crippen molar-refractivity contribution in [2.75, 3.05) is 11.9 Å². The van der Waals surface area contributed by atoms with Gasteiger partial charge in [0, 0.05) is 42.1 Å². The van der Waals surface area contributed by atoms with Crippen LogP contribution in [0.2, 0.25) is 10.0 Å². The molecule has 3 heterocycles. The zero-order valence-electron chi connectivity index (χ0n) is 18.2. The second-order valence-corrected chi connectivity index (χ2v) is 9.69. The highest BCUT2D eigenvalue weighted by Gasteiger charge is 2.46. The third-order valence-electron chi connectivity index (χ3n) is 6.74. The maximum atomic E-state index is 13.3. The predicted molar refractivity (Wildman–Crippen MR) is 138 cm³/mol. The van der Waals surface area contributed by atoms with Gasteiger partial charge in [0.25, 0.3) is 5.56 Å². The number of nitrogens with one attached hydrogen (secondary N) is 2. The highest BCUT2D eigenvalue weighted by Crippen LogP contribution is 2.50. The van der Waals surface area contributed by atoms with Crippen LogP contribution in [0.15, 0.2) is 60.2 Å². The summed E-state index contributed by atoms with van der Waals surface area (Å²) in [6, 6.07) is 11.6. The molecule has 6 rings (SSSR count). The van der Waals surface area contributed by atoms with Gasteiger partial charge in [-0.25, -0.2) is 9.97 Å². The van der Waals surface area contributed by atoms with Crippen molar-refractivity contribution in [3.63, 3.8) is 0 Å². The number of para-hydroxylation sites is 1. The Hall–Kier alpha value is -3.19. The van der Waals surface area contributed by atoms with E-state index in [0.717, 1.165) is 18.8 Å². The highest BCUT2D eigenvalue weighted by molar-refractivity contribution is 6.37. The minimum atomic E-state index is -0.309. The summed E-state index contributed by atoms with van der Waals surface area (Å²) in [5.41, 5.74) is 5.28. The monoisotopic (exact) mass is 489 g/mol. The molecule has 1 aliphatic heterocycles. The van der Waals surface area contributed by atoms with Crippen LogP contribution in [0.5, 0.6) is 0 Å². The number of hydrogen-bond acceptors (Lipinski definition) is 5. The Labute approximate surface area is 206 Å². The standard InChI is InChI=1S/C26H21Cl2N5O/c1-2-15-13-33(23-20(27)4-3-5-21(23)28)24(34)18-12-30-25(32-22(15)18)31-17-6-7-19-16(10-17)11-29-14-26(19)8-9-26/h2-7,10,12-13,29H,1,8-9,11,14H2,(H,30,31,32). The summed E-state index contributed by atoms with van der Waals surface area (Å²) in [6.45, 7) is 5.82. The number of nitrogens with zero attached hydrogens (tertiary/aromatic N) is 3.